The van der Waals surface area contributed by atoms with E-state index in [1.807, 2.05) is 0 Å². The number of hydrogen-bond acceptors (Lipinski definition) is 5. The van der Waals surface area contributed by atoms with Crippen LogP contribution in [0.5, 0.6) is 0 Å². The molecule has 10 heteroatoms. The van der Waals surface area contributed by atoms with Crippen LogP contribution in [0.2, 0.25) is 10.0 Å². The highest BCUT2D eigenvalue weighted by Gasteiger charge is 2.38. The van der Waals surface area contributed by atoms with Gasteiger partial charge in [-0.05, 0) is 45.4 Å². The minimum absolute atomic E-state index is 0.0688. The van der Waals surface area contributed by atoms with Crippen molar-refractivity contribution in [2.45, 2.75) is 49.8 Å². The van der Waals surface area contributed by atoms with Gasteiger partial charge in [0, 0.05) is 30.2 Å². The predicted molar refractivity (Wildman–Crippen MR) is 101 cm³/mol. The maximum Gasteiger partial charge on any atom is 0.410 e. The predicted octanol–water partition coefficient (Wildman–Crippen LogP) is 2.61. The smallest absolute Gasteiger partial charge is 0.410 e. The fourth-order valence-electron chi connectivity index (χ4n) is 2.74. The fraction of sp³-hybridized carbons (Fsp3) is 0.562. The summed E-state index contributed by atoms with van der Waals surface area (Å²) >= 11 is 11.9. The van der Waals surface area contributed by atoms with Crippen molar-refractivity contribution >= 4 is 39.3 Å². The van der Waals surface area contributed by atoms with E-state index in [1.165, 1.54) is 23.1 Å². The number of sulfonamides is 1. The molecule has 1 aromatic carbocycles. The number of benzene rings is 1. The number of ether oxygens (including phenoxy) is 1. The van der Waals surface area contributed by atoms with E-state index in [0.29, 0.717) is 6.42 Å². The Bertz CT molecular complexity index is 780. The summed E-state index contributed by atoms with van der Waals surface area (Å²) < 4.78 is 33.2. The average molecular weight is 424 g/mol. The molecule has 2 atom stereocenters. The van der Waals surface area contributed by atoms with Crippen LogP contribution >= 0.6 is 23.2 Å². The summed E-state index contributed by atoms with van der Waals surface area (Å²) in [6.07, 6.45) is -0.136. The maximum atomic E-state index is 12.6. The zero-order chi connectivity index (χ0) is 19.7. The van der Waals surface area contributed by atoms with Gasteiger partial charge in [-0.2, -0.15) is 0 Å². The number of likely N-dealkylation sites (tertiary alicyclic amines) is 1. The number of nitrogens with one attached hydrogen (secondary N) is 1. The van der Waals surface area contributed by atoms with E-state index in [-0.39, 0.29) is 34.1 Å². The van der Waals surface area contributed by atoms with Gasteiger partial charge in [-0.25, -0.2) is 17.9 Å². The highest BCUT2D eigenvalue weighted by Crippen LogP contribution is 2.27. The van der Waals surface area contributed by atoms with Crippen LogP contribution < -0.4 is 10.5 Å². The Morgan fingerprint density at radius 3 is 2.62 bits per heavy atom. The highest BCUT2D eigenvalue weighted by atomic mass is 35.5. The van der Waals surface area contributed by atoms with Crippen molar-refractivity contribution in [3.63, 3.8) is 0 Å². The molecule has 1 saturated heterocycles. The van der Waals surface area contributed by atoms with Crippen molar-refractivity contribution in [3.8, 4) is 0 Å². The summed E-state index contributed by atoms with van der Waals surface area (Å²) in [7, 11) is -3.90. The molecule has 2 rings (SSSR count). The van der Waals surface area contributed by atoms with E-state index in [2.05, 4.69) is 4.72 Å². The molecule has 1 heterocycles. The summed E-state index contributed by atoms with van der Waals surface area (Å²) in [5.74, 6) is 0. The van der Waals surface area contributed by atoms with Crippen molar-refractivity contribution in [2.75, 3.05) is 13.1 Å². The van der Waals surface area contributed by atoms with Gasteiger partial charge in [-0.15, -0.1) is 0 Å². The van der Waals surface area contributed by atoms with Crippen molar-refractivity contribution < 1.29 is 17.9 Å². The Hall–Kier alpha value is -1.06. The first-order chi connectivity index (χ1) is 11.9. The Morgan fingerprint density at radius 1 is 1.38 bits per heavy atom. The van der Waals surface area contributed by atoms with Crippen LogP contribution in [0, 0.1) is 0 Å². The lowest BCUT2D eigenvalue weighted by molar-refractivity contribution is 0.0230. The van der Waals surface area contributed by atoms with E-state index in [0.717, 1.165) is 0 Å². The van der Waals surface area contributed by atoms with Crippen LogP contribution in [0.4, 0.5) is 4.79 Å². The zero-order valence-corrected chi connectivity index (χ0v) is 17.2. The molecule has 1 fully saturated rings. The van der Waals surface area contributed by atoms with Crippen molar-refractivity contribution in [3.05, 3.63) is 28.2 Å². The Balaban J connectivity index is 2.15. The third-order valence-corrected chi connectivity index (χ3v) is 6.06. The van der Waals surface area contributed by atoms with E-state index >= 15 is 0 Å². The highest BCUT2D eigenvalue weighted by molar-refractivity contribution is 7.89. The number of carbonyl (C=O) groups is 1. The summed E-state index contributed by atoms with van der Waals surface area (Å²) in [6.45, 7) is 5.66. The molecule has 0 radical (unpaired) electrons. The van der Waals surface area contributed by atoms with Crippen molar-refractivity contribution in [1.29, 1.82) is 0 Å². The molecule has 7 nitrogen and oxygen atoms in total. The van der Waals surface area contributed by atoms with Gasteiger partial charge in [0.1, 0.15) is 10.5 Å². The van der Waals surface area contributed by atoms with Gasteiger partial charge >= 0.3 is 6.09 Å². The minimum Gasteiger partial charge on any atom is -0.444 e. The zero-order valence-electron chi connectivity index (χ0n) is 14.8. The first-order valence-electron chi connectivity index (χ1n) is 8.10. The standard InChI is InChI=1S/C16H23Cl2N3O4S/c1-16(2,3)25-15(22)21-9-11(7-12(21)8-19)20-26(23,24)14-6-10(17)4-5-13(14)18/h4-6,11-12,20H,7-9,19H2,1-3H3/t11-,12-/m1/s1. The number of nitrogens with two attached hydrogens (primary N) is 1. The molecule has 146 valence electrons. The van der Waals surface area contributed by atoms with Gasteiger partial charge in [-0.3, -0.25) is 0 Å². The van der Waals surface area contributed by atoms with Gasteiger partial charge in [-0.1, -0.05) is 23.2 Å². The number of rotatable bonds is 4. The SMILES string of the molecule is CC(C)(C)OC(=O)N1C[C@H](NS(=O)(=O)c2cc(Cl)ccc2Cl)C[C@@H]1CN. The van der Waals surface area contributed by atoms with E-state index in [4.69, 9.17) is 33.7 Å². The van der Waals surface area contributed by atoms with Crippen LogP contribution in [0.3, 0.4) is 0 Å². The number of halogens is 2. The molecule has 0 bridgehead atoms. The van der Waals surface area contributed by atoms with Crippen molar-refractivity contribution in [2.24, 2.45) is 5.73 Å². The van der Waals surface area contributed by atoms with Gasteiger partial charge in [0.15, 0.2) is 0 Å². The van der Waals surface area contributed by atoms with E-state index < -0.39 is 27.8 Å². The molecule has 1 aliphatic rings. The van der Waals surface area contributed by atoms with Crippen LogP contribution in [0.1, 0.15) is 27.2 Å². The molecule has 0 aliphatic carbocycles. The number of amides is 1. The quantitative estimate of drug-likeness (QED) is 0.774. The third-order valence-electron chi connectivity index (χ3n) is 3.82. The molecular weight excluding hydrogens is 401 g/mol. The second-order valence-corrected chi connectivity index (χ2v) is 9.68. The van der Waals surface area contributed by atoms with Crippen LogP contribution in [0.15, 0.2) is 23.1 Å². The lowest BCUT2D eigenvalue weighted by atomic mass is 10.2. The molecule has 0 saturated carbocycles. The lowest BCUT2D eigenvalue weighted by Gasteiger charge is -2.27. The van der Waals surface area contributed by atoms with Gasteiger partial charge in [0.2, 0.25) is 10.0 Å². The normalized spacial score (nSPS) is 21.1. The van der Waals surface area contributed by atoms with Crippen LogP contribution in [-0.2, 0) is 14.8 Å². The molecule has 26 heavy (non-hydrogen) atoms. The Kier molecular flexibility index (Phi) is 6.45. The Labute approximate surface area is 163 Å². The Morgan fingerprint density at radius 2 is 2.04 bits per heavy atom. The number of hydrogen-bond donors (Lipinski definition) is 2. The van der Waals surface area contributed by atoms with Gasteiger partial charge in [0.25, 0.3) is 0 Å². The van der Waals surface area contributed by atoms with Crippen LogP contribution in [0.25, 0.3) is 0 Å². The van der Waals surface area contributed by atoms with E-state index in [9.17, 15) is 13.2 Å². The van der Waals surface area contributed by atoms with Crippen molar-refractivity contribution in [1.82, 2.24) is 9.62 Å². The lowest BCUT2D eigenvalue weighted by Crippen LogP contribution is -2.43. The second kappa shape index (κ2) is 7.90. The molecule has 0 spiro atoms. The largest absolute Gasteiger partial charge is 0.444 e. The molecule has 0 aromatic heterocycles. The second-order valence-electron chi connectivity index (χ2n) is 7.15. The fourth-order valence-corrected chi connectivity index (χ4v) is 4.74. The summed E-state index contributed by atoms with van der Waals surface area (Å²) in [5.41, 5.74) is 5.09. The molecule has 1 amide bonds. The summed E-state index contributed by atoms with van der Waals surface area (Å²) in [6, 6.07) is 3.40. The monoisotopic (exact) mass is 423 g/mol. The average Bonchev–Trinajstić information content (AvgIpc) is 2.90. The molecular formula is C16H23Cl2N3O4S. The molecule has 1 aliphatic heterocycles. The molecule has 1 aromatic rings. The first-order valence-corrected chi connectivity index (χ1v) is 10.3. The van der Waals surface area contributed by atoms with E-state index in [1.54, 1.807) is 20.8 Å². The first kappa shape index (κ1) is 21.2. The number of nitrogens with zero attached hydrogens (tertiary/aromatic N) is 1. The third kappa shape index (κ3) is 5.23. The minimum atomic E-state index is -3.90. The number of carbonyl (C=O) groups excluding carboxylic acids is 1. The topological polar surface area (TPSA) is 102 Å². The molecule has 0 unspecified atom stereocenters. The maximum absolute atomic E-state index is 12.6. The molecule has 3 N–H and O–H groups in total. The summed E-state index contributed by atoms with van der Waals surface area (Å²) in [5, 5.41) is 0.329. The van der Waals surface area contributed by atoms with Gasteiger partial charge < -0.3 is 15.4 Å². The van der Waals surface area contributed by atoms with Crippen LogP contribution in [-0.4, -0.2) is 50.2 Å². The summed E-state index contributed by atoms with van der Waals surface area (Å²) in [4.78, 5) is 13.7. The van der Waals surface area contributed by atoms with Gasteiger partial charge in [0.05, 0.1) is 5.02 Å².